The third-order valence-corrected chi connectivity index (χ3v) is 2.50. The van der Waals surface area contributed by atoms with Crippen molar-refractivity contribution in [2.24, 2.45) is 0 Å². The first kappa shape index (κ1) is 11.3. The van der Waals surface area contributed by atoms with Crippen LogP contribution in [-0.4, -0.2) is 18.2 Å². The molecule has 4 heteroatoms. The Labute approximate surface area is 98.1 Å². The van der Waals surface area contributed by atoms with Gasteiger partial charge in [0.1, 0.15) is 22.7 Å². The molecule has 2 aromatic rings. The summed E-state index contributed by atoms with van der Waals surface area (Å²) in [6, 6.07) is 4.74. The number of fused-ring (bicyclic) bond motifs is 1. The lowest BCUT2D eigenvalue weighted by molar-refractivity contribution is 0.0598. The van der Waals surface area contributed by atoms with Crippen LogP contribution in [0, 0.1) is 0 Å². The summed E-state index contributed by atoms with van der Waals surface area (Å²) >= 11 is 0. The number of carbonyl (C=O) groups excluding carboxylic acids is 1. The lowest BCUT2D eigenvalue weighted by Gasteiger charge is -2.02. The predicted octanol–water partition coefficient (Wildman–Crippen LogP) is 2.96. The largest absolute Gasteiger partial charge is 0.506 e. The quantitative estimate of drug-likeness (QED) is 0.808. The van der Waals surface area contributed by atoms with Gasteiger partial charge in [-0.15, -0.1) is 0 Å². The van der Waals surface area contributed by atoms with E-state index in [-0.39, 0.29) is 11.3 Å². The summed E-state index contributed by atoms with van der Waals surface area (Å²) in [5.74, 6) is -0.134. The van der Waals surface area contributed by atoms with Gasteiger partial charge in [-0.3, -0.25) is 0 Å². The van der Waals surface area contributed by atoms with Crippen molar-refractivity contribution in [1.29, 1.82) is 0 Å². The van der Waals surface area contributed by atoms with E-state index in [4.69, 9.17) is 4.42 Å². The monoisotopic (exact) mass is 232 g/mol. The van der Waals surface area contributed by atoms with Crippen LogP contribution in [-0.2, 0) is 4.74 Å². The van der Waals surface area contributed by atoms with Crippen LogP contribution in [0.4, 0.5) is 0 Å². The molecule has 0 saturated carbocycles. The maximum atomic E-state index is 11.4. The van der Waals surface area contributed by atoms with Crippen molar-refractivity contribution in [3.63, 3.8) is 0 Å². The number of rotatable bonds is 2. The molecule has 0 radical (unpaired) electrons. The Balaban J connectivity index is 2.67. The number of aromatic hydroxyl groups is 1. The van der Waals surface area contributed by atoms with Gasteiger partial charge >= 0.3 is 5.97 Å². The van der Waals surface area contributed by atoms with Crippen LogP contribution in [0.1, 0.15) is 23.0 Å². The van der Waals surface area contributed by atoms with Crippen molar-refractivity contribution in [2.75, 3.05) is 7.11 Å². The van der Waals surface area contributed by atoms with E-state index >= 15 is 0 Å². The highest BCUT2D eigenvalue weighted by Gasteiger charge is 2.17. The van der Waals surface area contributed by atoms with Crippen LogP contribution >= 0.6 is 0 Å². The van der Waals surface area contributed by atoms with Crippen LogP contribution in [0.25, 0.3) is 16.5 Å². The minimum atomic E-state index is -0.581. The third kappa shape index (κ3) is 1.78. The van der Waals surface area contributed by atoms with E-state index in [0.29, 0.717) is 16.7 Å². The van der Waals surface area contributed by atoms with Gasteiger partial charge in [0.2, 0.25) is 0 Å². The SMILES string of the molecule is C=C(C)c1cc2c(O)c(C(=O)OC)ccc2o1. The van der Waals surface area contributed by atoms with Crippen LogP contribution < -0.4 is 0 Å². The van der Waals surface area contributed by atoms with Gasteiger partial charge in [-0.2, -0.15) is 0 Å². The average Bonchev–Trinajstić information content (AvgIpc) is 2.73. The summed E-state index contributed by atoms with van der Waals surface area (Å²) in [5.41, 5.74) is 1.38. The maximum absolute atomic E-state index is 11.4. The van der Waals surface area contributed by atoms with Gasteiger partial charge < -0.3 is 14.3 Å². The molecule has 0 fully saturated rings. The first-order valence-electron chi connectivity index (χ1n) is 5.04. The molecule has 1 heterocycles. The summed E-state index contributed by atoms with van der Waals surface area (Å²) < 4.78 is 10.0. The second-order valence-corrected chi connectivity index (χ2v) is 3.76. The summed E-state index contributed by atoms with van der Waals surface area (Å²) in [5, 5.41) is 10.4. The molecule has 1 N–H and O–H groups in total. The fourth-order valence-corrected chi connectivity index (χ4v) is 1.58. The summed E-state index contributed by atoms with van der Waals surface area (Å²) in [6.07, 6.45) is 0. The van der Waals surface area contributed by atoms with Crippen molar-refractivity contribution in [3.05, 3.63) is 36.1 Å². The zero-order valence-electron chi connectivity index (χ0n) is 9.61. The minimum Gasteiger partial charge on any atom is -0.506 e. The molecule has 0 aliphatic carbocycles. The molecule has 0 atom stereocenters. The number of esters is 1. The normalized spacial score (nSPS) is 10.5. The van der Waals surface area contributed by atoms with Gasteiger partial charge in [-0.1, -0.05) is 6.58 Å². The number of allylic oxidation sites excluding steroid dienone is 1. The fourth-order valence-electron chi connectivity index (χ4n) is 1.58. The molecule has 0 aliphatic heterocycles. The fraction of sp³-hybridized carbons (Fsp3) is 0.154. The van der Waals surface area contributed by atoms with Gasteiger partial charge in [0.15, 0.2) is 0 Å². The van der Waals surface area contributed by atoms with Gasteiger partial charge in [0, 0.05) is 0 Å². The minimum absolute atomic E-state index is 0.120. The van der Waals surface area contributed by atoms with Gasteiger partial charge in [-0.25, -0.2) is 4.79 Å². The number of furan rings is 1. The number of carbonyl (C=O) groups is 1. The van der Waals surface area contributed by atoms with Crippen molar-refractivity contribution in [2.45, 2.75) is 6.92 Å². The van der Waals surface area contributed by atoms with Crippen molar-refractivity contribution >= 4 is 22.5 Å². The Morgan fingerprint density at radius 1 is 1.47 bits per heavy atom. The molecular weight excluding hydrogens is 220 g/mol. The highest BCUT2D eigenvalue weighted by Crippen LogP contribution is 2.33. The zero-order chi connectivity index (χ0) is 12.6. The number of phenolic OH excluding ortho intramolecular Hbond substituents is 1. The summed E-state index contributed by atoms with van der Waals surface area (Å²) in [4.78, 5) is 11.4. The van der Waals surface area contributed by atoms with Crippen LogP contribution in [0.5, 0.6) is 5.75 Å². The number of benzene rings is 1. The average molecular weight is 232 g/mol. The maximum Gasteiger partial charge on any atom is 0.341 e. The molecule has 0 aliphatic rings. The Morgan fingerprint density at radius 3 is 2.76 bits per heavy atom. The van der Waals surface area contributed by atoms with Crippen molar-refractivity contribution < 1.29 is 19.1 Å². The van der Waals surface area contributed by atoms with Crippen LogP contribution in [0.2, 0.25) is 0 Å². The van der Waals surface area contributed by atoms with E-state index < -0.39 is 5.97 Å². The molecule has 17 heavy (non-hydrogen) atoms. The second kappa shape index (κ2) is 3.97. The van der Waals surface area contributed by atoms with E-state index in [1.165, 1.54) is 13.2 Å². The number of hydrogen-bond acceptors (Lipinski definition) is 4. The predicted molar refractivity (Wildman–Crippen MR) is 63.9 cm³/mol. The van der Waals surface area contributed by atoms with Gasteiger partial charge in [0.05, 0.1) is 12.5 Å². The van der Waals surface area contributed by atoms with Crippen LogP contribution in [0.15, 0.2) is 29.2 Å². The molecule has 88 valence electrons. The Hall–Kier alpha value is -2.23. The van der Waals surface area contributed by atoms with E-state index in [1.807, 2.05) is 0 Å². The van der Waals surface area contributed by atoms with Gasteiger partial charge in [0.25, 0.3) is 0 Å². The first-order valence-corrected chi connectivity index (χ1v) is 5.04. The topological polar surface area (TPSA) is 59.7 Å². The van der Waals surface area contributed by atoms with Crippen LogP contribution in [0.3, 0.4) is 0 Å². The van der Waals surface area contributed by atoms with Crippen molar-refractivity contribution in [3.8, 4) is 5.75 Å². The zero-order valence-corrected chi connectivity index (χ0v) is 9.61. The Kier molecular flexibility index (Phi) is 2.63. The molecule has 4 nitrogen and oxygen atoms in total. The van der Waals surface area contributed by atoms with E-state index in [1.54, 1.807) is 19.1 Å². The van der Waals surface area contributed by atoms with E-state index in [9.17, 15) is 9.90 Å². The molecule has 0 spiro atoms. The number of ether oxygens (including phenoxy) is 1. The summed E-state index contributed by atoms with van der Waals surface area (Å²) in [6.45, 7) is 5.56. The Bertz CT molecular complexity index is 607. The van der Waals surface area contributed by atoms with E-state index in [2.05, 4.69) is 11.3 Å². The molecule has 1 aromatic heterocycles. The molecule has 0 amide bonds. The van der Waals surface area contributed by atoms with Gasteiger partial charge in [-0.05, 0) is 30.7 Å². The standard InChI is InChI=1S/C13H12O4/c1-7(2)11-6-9-10(17-11)5-4-8(12(9)14)13(15)16-3/h4-6,14H,1H2,2-3H3. The Morgan fingerprint density at radius 2 is 2.18 bits per heavy atom. The molecule has 0 unspecified atom stereocenters. The molecule has 0 saturated heterocycles. The molecular formula is C13H12O4. The molecule has 1 aromatic carbocycles. The highest BCUT2D eigenvalue weighted by molar-refractivity contribution is 6.00. The third-order valence-electron chi connectivity index (χ3n) is 2.50. The highest BCUT2D eigenvalue weighted by atomic mass is 16.5. The van der Waals surface area contributed by atoms with Crippen molar-refractivity contribution in [1.82, 2.24) is 0 Å². The first-order chi connectivity index (χ1) is 8.04. The number of methoxy groups -OCH3 is 1. The van der Waals surface area contributed by atoms with E-state index in [0.717, 1.165) is 5.57 Å². The lowest BCUT2D eigenvalue weighted by Crippen LogP contribution is -2.01. The second-order valence-electron chi connectivity index (χ2n) is 3.76. The number of hydrogen-bond donors (Lipinski definition) is 1. The lowest BCUT2D eigenvalue weighted by atomic mass is 10.1. The smallest absolute Gasteiger partial charge is 0.341 e. The summed E-state index contributed by atoms with van der Waals surface area (Å²) in [7, 11) is 1.26. The number of phenols is 1. The molecule has 0 bridgehead atoms. The molecule has 2 rings (SSSR count).